The molecule has 4 aromatic carbocycles. The SMILES string of the molecule is c1ccc(COCC2O[CH+]C(OCc3ccccc3)[C@@H](OCc3ccccc3)[C@@H]2OCc2ccccc2)cc1. The Kier molecular flexibility index (Phi) is 10.2. The van der Waals surface area contributed by atoms with E-state index in [0.29, 0.717) is 33.0 Å². The number of benzene rings is 4. The molecule has 2 unspecified atom stereocenters. The molecule has 5 heteroatoms. The maximum Gasteiger partial charge on any atom is 0.261 e. The highest BCUT2D eigenvalue weighted by Crippen LogP contribution is 2.29. The molecule has 5 nitrogen and oxygen atoms in total. The van der Waals surface area contributed by atoms with Gasteiger partial charge in [0.05, 0.1) is 33.0 Å². The van der Waals surface area contributed by atoms with Gasteiger partial charge in [0.2, 0.25) is 0 Å². The summed E-state index contributed by atoms with van der Waals surface area (Å²) in [6.07, 6.45) is -1.57. The van der Waals surface area contributed by atoms with Crippen LogP contribution in [0.2, 0.25) is 0 Å². The zero-order valence-corrected chi connectivity index (χ0v) is 22.0. The minimum Gasteiger partial charge on any atom is -0.374 e. The standard InChI is InChI=1S/C34H35O5/c1-5-13-27(14-6-1)21-35-25-31-33(38-23-29-17-9-3-10-18-29)34(39-24-30-19-11-4-12-20-30)32(26-37-31)36-22-28-15-7-2-8-16-28/h1-20,26,31-34H,21-25H2/q+1/t31?,32?,33-,34-/m1/s1. The van der Waals surface area contributed by atoms with Crippen molar-refractivity contribution >= 4 is 0 Å². The predicted octanol–water partition coefficient (Wildman–Crippen LogP) is 6.52. The van der Waals surface area contributed by atoms with Crippen molar-refractivity contribution < 1.29 is 23.7 Å². The molecule has 1 heterocycles. The molecule has 0 saturated carbocycles. The lowest BCUT2D eigenvalue weighted by Crippen LogP contribution is -2.55. The Morgan fingerprint density at radius 2 is 0.897 bits per heavy atom. The van der Waals surface area contributed by atoms with Crippen LogP contribution < -0.4 is 0 Å². The van der Waals surface area contributed by atoms with Gasteiger partial charge in [0.15, 0.2) is 12.2 Å². The fourth-order valence-corrected chi connectivity index (χ4v) is 4.56. The molecule has 0 aromatic heterocycles. The second-order valence-electron chi connectivity index (χ2n) is 9.59. The van der Waals surface area contributed by atoms with E-state index >= 15 is 0 Å². The monoisotopic (exact) mass is 523 g/mol. The van der Waals surface area contributed by atoms with Crippen molar-refractivity contribution in [1.29, 1.82) is 0 Å². The largest absolute Gasteiger partial charge is 0.374 e. The molecule has 39 heavy (non-hydrogen) atoms. The number of hydrogen-bond donors (Lipinski definition) is 0. The van der Waals surface area contributed by atoms with Gasteiger partial charge in [0, 0.05) is 0 Å². The highest BCUT2D eigenvalue weighted by molar-refractivity contribution is 5.16. The molecule has 1 aliphatic rings. The third-order valence-electron chi connectivity index (χ3n) is 6.65. The van der Waals surface area contributed by atoms with E-state index in [0.717, 1.165) is 22.3 Å². The molecule has 1 aliphatic heterocycles. The molecule has 4 aromatic rings. The summed E-state index contributed by atoms with van der Waals surface area (Å²) in [5, 5.41) is 0. The van der Waals surface area contributed by atoms with E-state index in [-0.39, 0.29) is 6.10 Å². The number of hydrogen-bond acceptors (Lipinski definition) is 5. The second-order valence-corrected chi connectivity index (χ2v) is 9.59. The first kappa shape index (κ1) is 27.1. The average Bonchev–Trinajstić information content (AvgIpc) is 3.00. The van der Waals surface area contributed by atoms with Crippen molar-refractivity contribution in [3.05, 3.63) is 150 Å². The lowest BCUT2D eigenvalue weighted by atomic mass is 9.99. The van der Waals surface area contributed by atoms with Crippen LogP contribution in [0.25, 0.3) is 0 Å². The van der Waals surface area contributed by atoms with Crippen molar-refractivity contribution in [2.45, 2.75) is 50.8 Å². The first-order valence-electron chi connectivity index (χ1n) is 13.4. The molecule has 0 radical (unpaired) electrons. The van der Waals surface area contributed by atoms with Crippen LogP contribution in [-0.4, -0.2) is 31.0 Å². The van der Waals surface area contributed by atoms with E-state index in [2.05, 4.69) is 36.4 Å². The molecule has 200 valence electrons. The summed E-state index contributed by atoms with van der Waals surface area (Å²) >= 11 is 0. The van der Waals surface area contributed by atoms with E-state index in [9.17, 15) is 0 Å². The van der Waals surface area contributed by atoms with E-state index < -0.39 is 18.3 Å². The van der Waals surface area contributed by atoms with E-state index in [1.807, 2.05) is 84.9 Å². The maximum absolute atomic E-state index is 6.55. The van der Waals surface area contributed by atoms with Crippen LogP contribution in [0.5, 0.6) is 0 Å². The van der Waals surface area contributed by atoms with Gasteiger partial charge in [-0.05, 0) is 22.3 Å². The molecular weight excluding hydrogens is 488 g/mol. The first-order chi connectivity index (χ1) is 19.3. The Balaban J connectivity index is 1.32. The molecule has 1 fully saturated rings. The summed E-state index contributed by atoms with van der Waals surface area (Å²) in [6.45, 7) is 3.92. The summed E-state index contributed by atoms with van der Waals surface area (Å²) in [7, 11) is 0. The van der Waals surface area contributed by atoms with Gasteiger partial charge in [-0.15, -0.1) is 0 Å². The number of rotatable bonds is 13. The van der Waals surface area contributed by atoms with Crippen LogP contribution in [0.4, 0.5) is 0 Å². The normalized spacial score (nSPS) is 20.8. The van der Waals surface area contributed by atoms with Gasteiger partial charge in [-0.1, -0.05) is 121 Å². The van der Waals surface area contributed by atoms with Gasteiger partial charge in [-0.25, -0.2) is 0 Å². The van der Waals surface area contributed by atoms with Crippen molar-refractivity contribution in [2.75, 3.05) is 6.61 Å². The summed E-state index contributed by atoms with van der Waals surface area (Å²) in [5.41, 5.74) is 4.37. The Morgan fingerprint density at radius 1 is 0.487 bits per heavy atom. The van der Waals surface area contributed by atoms with Crippen molar-refractivity contribution in [3.8, 4) is 0 Å². The summed E-state index contributed by atoms with van der Waals surface area (Å²) in [5.74, 6) is 0. The van der Waals surface area contributed by atoms with E-state index in [1.165, 1.54) is 0 Å². The van der Waals surface area contributed by atoms with Gasteiger partial charge in [0.1, 0.15) is 6.10 Å². The van der Waals surface area contributed by atoms with Gasteiger partial charge < -0.3 is 18.9 Å². The van der Waals surface area contributed by atoms with Crippen LogP contribution in [0, 0.1) is 6.61 Å². The smallest absolute Gasteiger partial charge is 0.261 e. The molecule has 4 atom stereocenters. The molecular formula is C34H35O5+. The summed E-state index contributed by atoms with van der Waals surface area (Å²) < 4.78 is 31.8. The Hall–Kier alpha value is -3.45. The second kappa shape index (κ2) is 14.6. The fourth-order valence-electron chi connectivity index (χ4n) is 4.56. The zero-order chi connectivity index (χ0) is 26.5. The lowest BCUT2D eigenvalue weighted by molar-refractivity contribution is -0.227. The zero-order valence-electron chi connectivity index (χ0n) is 22.0. The molecule has 1 saturated heterocycles. The first-order valence-corrected chi connectivity index (χ1v) is 13.4. The Morgan fingerprint density at radius 3 is 1.38 bits per heavy atom. The van der Waals surface area contributed by atoms with Crippen LogP contribution in [0.15, 0.2) is 121 Å². The third-order valence-corrected chi connectivity index (χ3v) is 6.65. The van der Waals surface area contributed by atoms with Crippen LogP contribution in [-0.2, 0) is 50.1 Å². The highest BCUT2D eigenvalue weighted by atomic mass is 16.6. The molecule has 0 aliphatic carbocycles. The molecule has 0 spiro atoms. The lowest BCUT2D eigenvalue weighted by Gasteiger charge is -2.36. The van der Waals surface area contributed by atoms with Crippen LogP contribution in [0.3, 0.4) is 0 Å². The number of ether oxygens (including phenoxy) is 5. The predicted molar refractivity (Wildman–Crippen MR) is 150 cm³/mol. The van der Waals surface area contributed by atoms with E-state index in [4.69, 9.17) is 23.7 Å². The van der Waals surface area contributed by atoms with Gasteiger partial charge >= 0.3 is 0 Å². The summed E-state index contributed by atoms with van der Waals surface area (Å²) in [4.78, 5) is 0. The molecule has 5 rings (SSSR count). The third kappa shape index (κ3) is 8.27. The van der Waals surface area contributed by atoms with Crippen LogP contribution in [0.1, 0.15) is 22.3 Å². The maximum atomic E-state index is 6.55. The van der Waals surface area contributed by atoms with Crippen molar-refractivity contribution in [2.24, 2.45) is 0 Å². The van der Waals surface area contributed by atoms with Gasteiger partial charge in [-0.3, -0.25) is 0 Å². The highest BCUT2D eigenvalue weighted by Gasteiger charge is 2.49. The molecule has 0 N–H and O–H groups in total. The topological polar surface area (TPSA) is 46.2 Å². The van der Waals surface area contributed by atoms with Gasteiger partial charge in [0.25, 0.3) is 12.7 Å². The quantitative estimate of drug-likeness (QED) is 0.187. The minimum atomic E-state index is -0.417. The van der Waals surface area contributed by atoms with Crippen LogP contribution >= 0.6 is 0 Å². The minimum absolute atomic E-state index is 0.352. The Bertz CT molecular complexity index is 1200. The molecule has 0 bridgehead atoms. The van der Waals surface area contributed by atoms with E-state index in [1.54, 1.807) is 6.61 Å². The van der Waals surface area contributed by atoms with Gasteiger partial charge in [-0.2, -0.15) is 4.74 Å². The Labute approximate surface area is 231 Å². The van der Waals surface area contributed by atoms with Crippen molar-refractivity contribution in [1.82, 2.24) is 0 Å². The van der Waals surface area contributed by atoms with Crippen molar-refractivity contribution in [3.63, 3.8) is 0 Å². The summed E-state index contributed by atoms with van der Waals surface area (Å²) in [6, 6.07) is 40.5. The average molecular weight is 524 g/mol. The fraction of sp³-hybridized carbons (Fsp3) is 0.265. The molecule has 0 amide bonds.